The van der Waals surface area contributed by atoms with Gasteiger partial charge in [-0.25, -0.2) is 8.42 Å². The largest absolute Gasteiger partial charge is 0.324 e. The van der Waals surface area contributed by atoms with Gasteiger partial charge in [-0.15, -0.1) is 11.8 Å². The fourth-order valence-corrected chi connectivity index (χ4v) is 3.36. The normalized spacial score (nSPS) is 12.9. The van der Waals surface area contributed by atoms with Crippen LogP contribution in [0.25, 0.3) is 0 Å². The maximum atomic E-state index is 12.4. The molecule has 21 heavy (non-hydrogen) atoms. The number of nitrogens with one attached hydrogen (secondary N) is 1. The van der Waals surface area contributed by atoms with Gasteiger partial charge in [0.1, 0.15) is 0 Å². The van der Waals surface area contributed by atoms with Crippen LogP contribution in [0.1, 0.15) is 18.5 Å². The van der Waals surface area contributed by atoms with Gasteiger partial charge in [0.25, 0.3) is 10.0 Å². The molecule has 0 heterocycles. The molecule has 6 heteroatoms. The van der Waals surface area contributed by atoms with E-state index in [0.29, 0.717) is 5.69 Å². The lowest BCUT2D eigenvalue weighted by molar-refractivity contribution is 0.601. The number of rotatable bonds is 5. The van der Waals surface area contributed by atoms with Gasteiger partial charge in [-0.05, 0) is 55.1 Å². The molecule has 0 fully saturated rings. The van der Waals surface area contributed by atoms with Gasteiger partial charge >= 0.3 is 0 Å². The Morgan fingerprint density at radius 2 is 1.81 bits per heavy atom. The minimum Gasteiger partial charge on any atom is -0.324 e. The van der Waals surface area contributed by atoms with E-state index in [1.54, 1.807) is 42.1 Å². The number of nitrogens with two attached hydrogens (primary N) is 1. The Morgan fingerprint density at radius 1 is 1.14 bits per heavy atom. The van der Waals surface area contributed by atoms with Crippen LogP contribution in [0.3, 0.4) is 0 Å². The van der Waals surface area contributed by atoms with E-state index >= 15 is 0 Å². The van der Waals surface area contributed by atoms with Crippen LogP contribution in [-0.4, -0.2) is 14.7 Å². The molecule has 1 atom stereocenters. The molecule has 0 aromatic heterocycles. The van der Waals surface area contributed by atoms with Gasteiger partial charge in [-0.3, -0.25) is 4.72 Å². The van der Waals surface area contributed by atoms with Gasteiger partial charge in [0.15, 0.2) is 0 Å². The third-order valence-corrected chi connectivity index (χ3v) is 5.16. The van der Waals surface area contributed by atoms with Gasteiger partial charge in [0.2, 0.25) is 0 Å². The maximum absolute atomic E-state index is 12.4. The second-order valence-electron chi connectivity index (χ2n) is 4.70. The van der Waals surface area contributed by atoms with Crippen molar-refractivity contribution in [2.24, 2.45) is 5.73 Å². The third kappa shape index (κ3) is 4.00. The van der Waals surface area contributed by atoms with Crippen molar-refractivity contribution in [3.63, 3.8) is 0 Å². The quantitative estimate of drug-likeness (QED) is 0.829. The summed E-state index contributed by atoms with van der Waals surface area (Å²) in [4.78, 5) is 1.29. The number of hydrogen-bond donors (Lipinski definition) is 2. The number of hydrogen-bond acceptors (Lipinski definition) is 4. The summed E-state index contributed by atoms with van der Waals surface area (Å²) in [5.74, 6) is 0. The molecule has 0 aliphatic rings. The minimum absolute atomic E-state index is 0.207. The van der Waals surface area contributed by atoms with Crippen LogP contribution in [0.5, 0.6) is 0 Å². The molecule has 2 rings (SSSR count). The van der Waals surface area contributed by atoms with Crippen LogP contribution in [0.2, 0.25) is 0 Å². The van der Waals surface area contributed by atoms with Crippen molar-refractivity contribution in [3.05, 3.63) is 54.1 Å². The van der Waals surface area contributed by atoms with Crippen molar-refractivity contribution in [2.45, 2.75) is 22.8 Å². The Labute approximate surface area is 129 Å². The Balaban J connectivity index is 2.27. The highest BCUT2D eigenvalue weighted by Gasteiger charge is 2.15. The molecule has 0 radical (unpaired) electrons. The smallest absolute Gasteiger partial charge is 0.261 e. The summed E-state index contributed by atoms with van der Waals surface area (Å²) >= 11 is 1.61. The van der Waals surface area contributed by atoms with E-state index in [-0.39, 0.29) is 10.9 Å². The van der Waals surface area contributed by atoms with Crippen molar-refractivity contribution >= 4 is 27.5 Å². The maximum Gasteiger partial charge on any atom is 0.261 e. The van der Waals surface area contributed by atoms with Crippen LogP contribution in [-0.2, 0) is 10.0 Å². The zero-order valence-corrected chi connectivity index (χ0v) is 13.5. The summed E-state index contributed by atoms with van der Waals surface area (Å²) in [6, 6.07) is 13.7. The van der Waals surface area contributed by atoms with Crippen molar-refractivity contribution in [1.29, 1.82) is 0 Å². The van der Waals surface area contributed by atoms with E-state index in [9.17, 15) is 8.42 Å². The SMILES string of the molecule is CSc1ccc(NS(=O)(=O)c2cccc(C(C)N)c2)cc1. The van der Waals surface area contributed by atoms with E-state index in [0.717, 1.165) is 10.5 Å². The van der Waals surface area contributed by atoms with Crippen molar-refractivity contribution in [3.8, 4) is 0 Å². The van der Waals surface area contributed by atoms with Crippen LogP contribution in [0.4, 0.5) is 5.69 Å². The van der Waals surface area contributed by atoms with Crippen molar-refractivity contribution < 1.29 is 8.42 Å². The lowest BCUT2D eigenvalue weighted by Crippen LogP contribution is -2.14. The molecule has 1 unspecified atom stereocenters. The molecular formula is C15H18N2O2S2. The molecule has 0 saturated carbocycles. The second-order valence-corrected chi connectivity index (χ2v) is 7.26. The lowest BCUT2D eigenvalue weighted by atomic mass is 10.1. The number of sulfonamides is 1. The molecule has 0 aliphatic heterocycles. The lowest BCUT2D eigenvalue weighted by Gasteiger charge is -2.11. The summed E-state index contributed by atoms with van der Waals surface area (Å²) < 4.78 is 27.3. The van der Waals surface area contributed by atoms with E-state index in [2.05, 4.69) is 4.72 Å². The summed E-state index contributed by atoms with van der Waals surface area (Å²) in [6.45, 7) is 1.82. The Morgan fingerprint density at radius 3 is 2.38 bits per heavy atom. The molecule has 2 aromatic carbocycles. The van der Waals surface area contributed by atoms with Gasteiger partial charge in [-0.1, -0.05) is 12.1 Å². The highest BCUT2D eigenvalue weighted by atomic mass is 32.2. The first-order valence-corrected chi connectivity index (χ1v) is 9.15. The highest BCUT2D eigenvalue weighted by molar-refractivity contribution is 7.98. The number of anilines is 1. The van der Waals surface area contributed by atoms with Crippen LogP contribution >= 0.6 is 11.8 Å². The summed E-state index contributed by atoms with van der Waals surface area (Å²) in [5.41, 5.74) is 7.12. The van der Waals surface area contributed by atoms with Crippen molar-refractivity contribution in [1.82, 2.24) is 0 Å². The molecule has 0 aliphatic carbocycles. The molecule has 0 amide bonds. The Hall–Kier alpha value is -1.50. The van der Waals surface area contributed by atoms with Gasteiger partial charge in [-0.2, -0.15) is 0 Å². The fraction of sp³-hybridized carbons (Fsp3) is 0.200. The average molecular weight is 322 g/mol. The predicted molar refractivity (Wildman–Crippen MR) is 88.1 cm³/mol. The minimum atomic E-state index is -3.60. The number of thioether (sulfide) groups is 1. The van der Waals surface area contributed by atoms with Gasteiger partial charge in [0, 0.05) is 16.6 Å². The standard InChI is InChI=1S/C15H18N2O2S2/c1-11(16)12-4-3-5-15(10-12)21(18,19)17-13-6-8-14(20-2)9-7-13/h3-11,17H,16H2,1-2H3. The average Bonchev–Trinajstić information content (AvgIpc) is 2.48. The van der Waals surface area contributed by atoms with Crippen molar-refractivity contribution in [2.75, 3.05) is 11.0 Å². The van der Waals surface area contributed by atoms with Gasteiger partial charge in [0.05, 0.1) is 4.90 Å². The predicted octanol–water partition coefficient (Wildman–Crippen LogP) is 3.23. The molecule has 112 valence electrons. The first kappa shape index (κ1) is 15.9. The molecular weight excluding hydrogens is 304 g/mol. The zero-order valence-electron chi connectivity index (χ0n) is 11.9. The fourth-order valence-electron chi connectivity index (χ4n) is 1.84. The van der Waals surface area contributed by atoms with E-state index in [1.807, 2.05) is 31.4 Å². The monoisotopic (exact) mass is 322 g/mol. The molecule has 2 aromatic rings. The molecule has 0 saturated heterocycles. The van der Waals surface area contributed by atoms with E-state index in [4.69, 9.17) is 5.73 Å². The topological polar surface area (TPSA) is 72.2 Å². The second kappa shape index (κ2) is 6.51. The number of benzene rings is 2. The summed E-state index contributed by atoms with van der Waals surface area (Å²) in [5, 5.41) is 0. The molecule has 0 bridgehead atoms. The zero-order chi connectivity index (χ0) is 15.5. The Kier molecular flexibility index (Phi) is 4.92. The molecule has 0 spiro atoms. The van der Waals surface area contributed by atoms with E-state index < -0.39 is 10.0 Å². The third-order valence-electron chi connectivity index (χ3n) is 3.04. The highest BCUT2D eigenvalue weighted by Crippen LogP contribution is 2.21. The summed E-state index contributed by atoms with van der Waals surface area (Å²) in [7, 11) is -3.60. The first-order chi connectivity index (χ1) is 9.92. The van der Waals surface area contributed by atoms with Crippen LogP contribution < -0.4 is 10.5 Å². The van der Waals surface area contributed by atoms with Crippen LogP contribution in [0.15, 0.2) is 58.3 Å². The van der Waals surface area contributed by atoms with E-state index in [1.165, 1.54) is 0 Å². The first-order valence-electron chi connectivity index (χ1n) is 6.45. The molecule has 3 N–H and O–H groups in total. The van der Waals surface area contributed by atoms with Gasteiger partial charge < -0.3 is 5.73 Å². The Bertz CT molecular complexity index is 711. The summed E-state index contributed by atoms with van der Waals surface area (Å²) in [6.07, 6.45) is 1.97. The van der Waals surface area contributed by atoms with Crippen LogP contribution in [0, 0.1) is 0 Å². The molecule has 4 nitrogen and oxygen atoms in total.